The van der Waals surface area contributed by atoms with Gasteiger partial charge in [0.15, 0.2) is 0 Å². The Bertz CT molecular complexity index is 762. The molecule has 0 aliphatic rings. The molecule has 1 aromatic heterocycles. The molecule has 0 radical (unpaired) electrons. The Morgan fingerprint density at radius 2 is 1.90 bits per heavy atom. The Labute approximate surface area is 124 Å². The summed E-state index contributed by atoms with van der Waals surface area (Å²) in [6.45, 7) is 0. The molecule has 0 aliphatic heterocycles. The van der Waals surface area contributed by atoms with Gasteiger partial charge < -0.3 is 5.73 Å². The number of nitrogens with zero attached hydrogens (tertiary/aromatic N) is 2. The monoisotopic (exact) mass is 333 g/mol. The molecule has 102 valence electrons. The van der Waals surface area contributed by atoms with E-state index in [1.807, 2.05) is 25.2 Å². The second kappa shape index (κ2) is 5.00. The Morgan fingerprint density at radius 3 is 2.55 bits per heavy atom. The predicted molar refractivity (Wildman–Crippen MR) is 80.8 cm³/mol. The van der Waals surface area contributed by atoms with E-state index in [4.69, 9.17) is 5.73 Å². The highest BCUT2D eigenvalue weighted by molar-refractivity contribution is 9.10. The molecule has 20 heavy (non-hydrogen) atoms. The largest absolute Gasteiger partial charge is 0.319 e. The molecule has 1 atom stereocenters. The molecule has 1 unspecified atom stereocenters. The van der Waals surface area contributed by atoms with Crippen LogP contribution in [0.2, 0.25) is 0 Å². The van der Waals surface area contributed by atoms with Gasteiger partial charge in [0.25, 0.3) is 0 Å². The van der Waals surface area contributed by atoms with Gasteiger partial charge in [-0.3, -0.25) is 4.68 Å². The Balaban J connectivity index is 2.23. The molecule has 5 heteroatoms. The van der Waals surface area contributed by atoms with E-state index >= 15 is 0 Å². The molecule has 0 bridgehead atoms. The van der Waals surface area contributed by atoms with Gasteiger partial charge in [-0.2, -0.15) is 5.10 Å². The maximum atomic E-state index is 13.9. The van der Waals surface area contributed by atoms with Crippen molar-refractivity contribution in [2.75, 3.05) is 0 Å². The Morgan fingerprint density at radius 1 is 1.20 bits per heavy atom. The summed E-state index contributed by atoms with van der Waals surface area (Å²) in [5, 5.41) is 5.59. The van der Waals surface area contributed by atoms with Crippen molar-refractivity contribution in [1.82, 2.24) is 9.78 Å². The van der Waals surface area contributed by atoms with Crippen molar-refractivity contribution in [3.05, 3.63) is 64.1 Å². The van der Waals surface area contributed by atoms with E-state index in [2.05, 4.69) is 21.0 Å². The number of hydrogen-bond donors (Lipinski definition) is 1. The number of aryl methyl sites for hydroxylation is 1. The molecule has 3 aromatic rings. The maximum Gasteiger partial charge on any atom is 0.131 e. The van der Waals surface area contributed by atoms with Crippen LogP contribution >= 0.6 is 15.9 Å². The molecule has 0 aliphatic carbocycles. The lowest BCUT2D eigenvalue weighted by atomic mass is 9.97. The van der Waals surface area contributed by atoms with Crippen LogP contribution in [0.5, 0.6) is 0 Å². The standard InChI is InChI=1S/C15H13BrFN3/c1-20-15(12(16)8-19-20)14(18)11-6-7-13(17)10-5-3-2-4-9(10)11/h2-8,14H,18H2,1H3. The van der Waals surface area contributed by atoms with Gasteiger partial charge in [0, 0.05) is 12.4 Å². The summed E-state index contributed by atoms with van der Waals surface area (Å²) in [4.78, 5) is 0. The second-order valence-electron chi connectivity index (χ2n) is 4.66. The summed E-state index contributed by atoms with van der Waals surface area (Å²) in [5.74, 6) is -0.236. The van der Waals surface area contributed by atoms with Gasteiger partial charge in [0.1, 0.15) is 5.82 Å². The second-order valence-corrected chi connectivity index (χ2v) is 5.52. The third-order valence-corrected chi connectivity index (χ3v) is 4.08. The number of nitrogens with two attached hydrogens (primary N) is 1. The minimum Gasteiger partial charge on any atom is -0.319 e. The highest BCUT2D eigenvalue weighted by Crippen LogP contribution is 2.31. The number of fused-ring (bicyclic) bond motifs is 1. The number of halogens is 2. The third-order valence-electron chi connectivity index (χ3n) is 3.47. The number of rotatable bonds is 2. The normalized spacial score (nSPS) is 12.8. The molecule has 0 saturated heterocycles. The molecule has 3 nitrogen and oxygen atoms in total. The lowest BCUT2D eigenvalue weighted by Gasteiger charge is -2.16. The fraction of sp³-hybridized carbons (Fsp3) is 0.133. The van der Waals surface area contributed by atoms with Gasteiger partial charge in [0.05, 0.1) is 22.4 Å². The summed E-state index contributed by atoms with van der Waals surface area (Å²) in [7, 11) is 1.84. The summed E-state index contributed by atoms with van der Waals surface area (Å²) < 4.78 is 16.4. The fourth-order valence-corrected chi connectivity index (χ4v) is 3.07. The van der Waals surface area contributed by atoms with Crippen molar-refractivity contribution < 1.29 is 4.39 Å². The van der Waals surface area contributed by atoms with Crippen LogP contribution in [0.4, 0.5) is 4.39 Å². The maximum absolute atomic E-state index is 13.9. The van der Waals surface area contributed by atoms with Crippen molar-refractivity contribution in [2.24, 2.45) is 12.8 Å². The highest BCUT2D eigenvalue weighted by atomic mass is 79.9. The third kappa shape index (κ3) is 2.03. The lowest BCUT2D eigenvalue weighted by molar-refractivity contribution is 0.637. The molecular formula is C15H13BrFN3. The van der Waals surface area contributed by atoms with Gasteiger partial charge in [-0.15, -0.1) is 0 Å². The highest BCUT2D eigenvalue weighted by Gasteiger charge is 2.19. The SMILES string of the molecule is Cn1ncc(Br)c1C(N)c1ccc(F)c2ccccc12. The van der Waals surface area contributed by atoms with Crippen LogP contribution in [0.15, 0.2) is 47.1 Å². The van der Waals surface area contributed by atoms with Crippen molar-refractivity contribution >= 4 is 26.7 Å². The molecule has 2 aromatic carbocycles. The van der Waals surface area contributed by atoms with Crippen LogP contribution in [-0.4, -0.2) is 9.78 Å². The molecule has 0 spiro atoms. The van der Waals surface area contributed by atoms with E-state index < -0.39 is 0 Å². The predicted octanol–water partition coefficient (Wildman–Crippen LogP) is 3.52. The Kier molecular flexibility index (Phi) is 3.31. The molecule has 2 N–H and O–H groups in total. The van der Waals surface area contributed by atoms with Crippen molar-refractivity contribution in [3.63, 3.8) is 0 Å². The van der Waals surface area contributed by atoms with Gasteiger partial charge >= 0.3 is 0 Å². The average Bonchev–Trinajstić information content (AvgIpc) is 2.78. The van der Waals surface area contributed by atoms with E-state index in [1.165, 1.54) is 6.07 Å². The molecule has 1 heterocycles. The minimum absolute atomic E-state index is 0.236. The van der Waals surface area contributed by atoms with Crippen LogP contribution in [-0.2, 0) is 7.05 Å². The van der Waals surface area contributed by atoms with Crippen LogP contribution < -0.4 is 5.73 Å². The summed E-state index contributed by atoms with van der Waals surface area (Å²) in [6.07, 6.45) is 1.71. The first-order valence-corrected chi connectivity index (χ1v) is 6.99. The Hall–Kier alpha value is -1.72. The number of aromatic nitrogens is 2. The van der Waals surface area contributed by atoms with Gasteiger partial charge in [-0.05, 0) is 32.9 Å². The zero-order valence-electron chi connectivity index (χ0n) is 10.8. The van der Waals surface area contributed by atoms with Crippen LogP contribution in [0, 0.1) is 5.82 Å². The average molecular weight is 334 g/mol. The topological polar surface area (TPSA) is 43.8 Å². The number of benzene rings is 2. The fourth-order valence-electron chi connectivity index (χ4n) is 2.47. The van der Waals surface area contributed by atoms with E-state index in [-0.39, 0.29) is 11.9 Å². The first kappa shape index (κ1) is 13.3. The van der Waals surface area contributed by atoms with Gasteiger partial charge in [-0.25, -0.2) is 4.39 Å². The van der Waals surface area contributed by atoms with E-state index in [1.54, 1.807) is 23.0 Å². The first-order chi connectivity index (χ1) is 9.59. The zero-order chi connectivity index (χ0) is 14.3. The first-order valence-electron chi connectivity index (χ1n) is 6.19. The number of hydrogen-bond acceptors (Lipinski definition) is 2. The van der Waals surface area contributed by atoms with E-state index in [0.717, 1.165) is 21.1 Å². The van der Waals surface area contributed by atoms with Crippen LogP contribution in [0.1, 0.15) is 17.3 Å². The smallest absolute Gasteiger partial charge is 0.131 e. The molecule has 0 fully saturated rings. The summed E-state index contributed by atoms with van der Waals surface area (Å²) in [6, 6.07) is 10.2. The van der Waals surface area contributed by atoms with Gasteiger partial charge in [-0.1, -0.05) is 30.3 Å². The van der Waals surface area contributed by atoms with E-state index in [9.17, 15) is 4.39 Å². The summed E-state index contributed by atoms with van der Waals surface area (Å²) >= 11 is 3.46. The van der Waals surface area contributed by atoms with Crippen molar-refractivity contribution in [2.45, 2.75) is 6.04 Å². The lowest BCUT2D eigenvalue weighted by Crippen LogP contribution is -2.17. The summed E-state index contributed by atoms with van der Waals surface area (Å²) in [5.41, 5.74) is 8.11. The van der Waals surface area contributed by atoms with Gasteiger partial charge in [0.2, 0.25) is 0 Å². The van der Waals surface area contributed by atoms with Crippen molar-refractivity contribution in [3.8, 4) is 0 Å². The van der Waals surface area contributed by atoms with Crippen LogP contribution in [0.3, 0.4) is 0 Å². The quantitative estimate of drug-likeness (QED) is 0.779. The minimum atomic E-state index is -0.373. The molecule has 3 rings (SSSR count). The van der Waals surface area contributed by atoms with E-state index in [0.29, 0.717) is 5.39 Å². The molecule has 0 amide bonds. The molecule has 0 saturated carbocycles. The van der Waals surface area contributed by atoms with Crippen molar-refractivity contribution in [1.29, 1.82) is 0 Å². The van der Waals surface area contributed by atoms with Crippen LogP contribution in [0.25, 0.3) is 10.8 Å². The molecular weight excluding hydrogens is 321 g/mol. The zero-order valence-corrected chi connectivity index (χ0v) is 12.4.